The molecule has 0 saturated carbocycles. The number of alkyl halides is 3. The van der Waals surface area contributed by atoms with Gasteiger partial charge in [0.1, 0.15) is 0 Å². The second kappa shape index (κ2) is 8.57. The summed E-state index contributed by atoms with van der Waals surface area (Å²) in [6.45, 7) is 0.0608. The molecular formula is C10H17F3N2O4. The minimum Gasteiger partial charge on any atom is -0.479 e. The van der Waals surface area contributed by atoms with Crippen LogP contribution in [0.2, 0.25) is 0 Å². The fourth-order valence-electron chi connectivity index (χ4n) is 1.16. The van der Waals surface area contributed by atoms with E-state index >= 15 is 0 Å². The van der Waals surface area contributed by atoms with Crippen LogP contribution in [0.1, 0.15) is 25.7 Å². The van der Waals surface area contributed by atoms with Gasteiger partial charge in [-0.2, -0.15) is 13.2 Å². The molecule has 0 radical (unpaired) electrons. The van der Waals surface area contributed by atoms with Crippen LogP contribution in [0, 0.1) is 0 Å². The molecule has 0 spiro atoms. The fraction of sp³-hybridized carbons (Fsp3) is 0.800. The molecule has 9 heteroatoms. The normalized spacial score (nSPS) is 12.8. The molecule has 4 N–H and O–H groups in total. The highest BCUT2D eigenvalue weighted by Gasteiger charge is 2.25. The van der Waals surface area contributed by atoms with Gasteiger partial charge in [0, 0.05) is 25.9 Å². The molecule has 0 bridgehead atoms. The van der Waals surface area contributed by atoms with Gasteiger partial charge in [-0.05, 0) is 12.8 Å². The second-order valence-electron chi connectivity index (χ2n) is 3.90. The van der Waals surface area contributed by atoms with Crippen LogP contribution in [0.4, 0.5) is 18.0 Å². The van der Waals surface area contributed by atoms with Crippen LogP contribution < -0.4 is 10.6 Å². The smallest absolute Gasteiger partial charge is 0.389 e. The molecule has 0 heterocycles. The summed E-state index contributed by atoms with van der Waals surface area (Å²) in [6.07, 6.45) is -6.63. The molecule has 0 saturated heterocycles. The minimum absolute atomic E-state index is 0.0398. The number of hydrogen-bond acceptors (Lipinski definition) is 3. The number of nitrogens with one attached hydrogen (secondary N) is 2. The van der Waals surface area contributed by atoms with E-state index < -0.39 is 30.7 Å². The summed E-state index contributed by atoms with van der Waals surface area (Å²) in [7, 11) is 0. The van der Waals surface area contributed by atoms with E-state index in [-0.39, 0.29) is 32.4 Å². The Hall–Kier alpha value is -1.51. The summed E-state index contributed by atoms with van der Waals surface area (Å²) in [6, 6.07) is -0.607. The predicted octanol–water partition coefficient (Wildman–Crippen LogP) is 0.854. The van der Waals surface area contributed by atoms with Crippen molar-refractivity contribution in [1.82, 2.24) is 10.6 Å². The molecule has 0 aromatic rings. The number of carbonyl (C=O) groups is 2. The van der Waals surface area contributed by atoms with Crippen molar-refractivity contribution in [3.05, 3.63) is 0 Å². The summed E-state index contributed by atoms with van der Waals surface area (Å²) in [5, 5.41) is 21.8. The lowest BCUT2D eigenvalue weighted by Crippen LogP contribution is -2.38. The molecule has 0 aliphatic heterocycles. The lowest BCUT2D eigenvalue weighted by Gasteiger charge is -2.09. The third-order valence-corrected chi connectivity index (χ3v) is 2.16. The number of aliphatic hydroxyl groups is 1. The van der Waals surface area contributed by atoms with E-state index in [4.69, 9.17) is 10.2 Å². The minimum atomic E-state index is -4.19. The maximum atomic E-state index is 11.8. The van der Waals surface area contributed by atoms with Crippen LogP contribution in [0.5, 0.6) is 0 Å². The Balaban J connectivity index is 3.48. The summed E-state index contributed by atoms with van der Waals surface area (Å²) >= 11 is 0. The highest BCUT2D eigenvalue weighted by atomic mass is 19.4. The van der Waals surface area contributed by atoms with Gasteiger partial charge in [-0.25, -0.2) is 9.59 Å². The van der Waals surface area contributed by atoms with Gasteiger partial charge in [0.05, 0.1) is 0 Å². The number of unbranched alkanes of at least 4 members (excludes halogenated alkanes) is 1. The van der Waals surface area contributed by atoms with Gasteiger partial charge in [-0.1, -0.05) is 0 Å². The third kappa shape index (κ3) is 11.3. The van der Waals surface area contributed by atoms with E-state index in [0.29, 0.717) is 0 Å². The van der Waals surface area contributed by atoms with Crippen molar-refractivity contribution in [3.63, 3.8) is 0 Å². The molecule has 0 aromatic heterocycles. The van der Waals surface area contributed by atoms with Crippen molar-refractivity contribution in [3.8, 4) is 0 Å². The molecule has 6 nitrogen and oxygen atoms in total. The number of carbonyl (C=O) groups excluding carboxylic acids is 1. The molecule has 0 rings (SSSR count). The molecule has 0 aliphatic carbocycles. The first-order valence-electron chi connectivity index (χ1n) is 5.71. The number of aliphatic carboxylic acids is 1. The maximum Gasteiger partial charge on any atom is 0.389 e. The molecule has 0 fully saturated rings. The first-order valence-corrected chi connectivity index (χ1v) is 5.71. The topological polar surface area (TPSA) is 98.7 Å². The van der Waals surface area contributed by atoms with E-state index in [1.54, 1.807) is 0 Å². The Labute approximate surface area is 108 Å². The number of hydrogen-bond donors (Lipinski definition) is 4. The SMILES string of the molecule is O=C(NCCCCC(F)(F)F)NCC[C@H](O)C(=O)O. The van der Waals surface area contributed by atoms with Crippen LogP contribution in [-0.4, -0.2) is 47.6 Å². The average molecular weight is 286 g/mol. The highest BCUT2D eigenvalue weighted by molar-refractivity contribution is 5.74. The fourth-order valence-corrected chi connectivity index (χ4v) is 1.16. The number of carboxylic acid groups (broad SMARTS) is 1. The zero-order chi connectivity index (χ0) is 14.9. The number of urea groups is 1. The van der Waals surface area contributed by atoms with Crippen LogP contribution in [0.25, 0.3) is 0 Å². The molecule has 1 atom stereocenters. The zero-order valence-corrected chi connectivity index (χ0v) is 10.2. The monoisotopic (exact) mass is 286 g/mol. The predicted molar refractivity (Wildman–Crippen MR) is 59.6 cm³/mol. The first-order chi connectivity index (χ1) is 8.72. The van der Waals surface area contributed by atoms with Crippen molar-refractivity contribution in [1.29, 1.82) is 0 Å². The largest absolute Gasteiger partial charge is 0.479 e. The standard InChI is InChI=1S/C10H17F3N2O4/c11-10(12,13)4-1-2-5-14-9(19)15-6-3-7(16)8(17)18/h7,16H,1-6H2,(H,17,18)(H2,14,15,19)/t7-/m0/s1. The number of aliphatic hydroxyl groups excluding tert-OH is 1. The molecule has 0 unspecified atom stereocenters. The molecule has 19 heavy (non-hydrogen) atoms. The molecule has 0 aromatic carbocycles. The van der Waals surface area contributed by atoms with E-state index in [0.717, 1.165) is 0 Å². The summed E-state index contributed by atoms with van der Waals surface area (Å²) in [5.74, 6) is -1.38. The van der Waals surface area contributed by atoms with Gasteiger partial charge in [0.25, 0.3) is 0 Å². The quantitative estimate of drug-likeness (QED) is 0.497. The van der Waals surface area contributed by atoms with Gasteiger partial charge in [-0.15, -0.1) is 0 Å². The van der Waals surface area contributed by atoms with E-state index in [1.165, 1.54) is 0 Å². The zero-order valence-electron chi connectivity index (χ0n) is 10.2. The van der Waals surface area contributed by atoms with Crippen molar-refractivity contribution in [2.45, 2.75) is 38.0 Å². The average Bonchev–Trinajstić information content (AvgIpc) is 2.26. The second-order valence-corrected chi connectivity index (χ2v) is 3.90. The van der Waals surface area contributed by atoms with E-state index in [2.05, 4.69) is 10.6 Å². The van der Waals surface area contributed by atoms with Gasteiger partial charge in [0.15, 0.2) is 6.10 Å². The van der Waals surface area contributed by atoms with Gasteiger partial charge in [-0.3, -0.25) is 0 Å². The van der Waals surface area contributed by atoms with Gasteiger partial charge >= 0.3 is 18.2 Å². The van der Waals surface area contributed by atoms with Crippen LogP contribution in [0.15, 0.2) is 0 Å². The third-order valence-electron chi connectivity index (χ3n) is 2.16. The number of carboxylic acids is 1. The van der Waals surface area contributed by atoms with Crippen LogP contribution >= 0.6 is 0 Å². The first kappa shape index (κ1) is 17.5. The molecular weight excluding hydrogens is 269 g/mol. The lowest BCUT2D eigenvalue weighted by atomic mass is 10.2. The van der Waals surface area contributed by atoms with Crippen LogP contribution in [0.3, 0.4) is 0 Å². The summed E-state index contributed by atoms with van der Waals surface area (Å²) in [4.78, 5) is 21.3. The van der Waals surface area contributed by atoms with Gasteiger partial charge in [0.2, 0.25) is 0 Å². The highest BCUT2D eigenvalue weighted by Crippen LogP contribution is 2.21. The molecule has 0 aliphatic rings. The van der Waals surface area contributed by atoms with Crippen molar-refractivity contribution < 1.29 is 33.0 Å². The Morgan fingerprint density at radius 1 is 1.11 bits per heavy atom. The lowest BCUT2D eigenvalue weighted by molar-refractivity contribution is -0.146. The van der Waals surface area contributed by atoms with E-state index in [1.807, 2.05) is 0 Å². The van der Waals surface area contributed by atoms with E-state index in [9.17, 15) is 22.8 Å². The number of rotatable bonds is 8. The van der Waals surface area contributed by atoms with Crippen molar-refractivity contribution in [2.24, 2.45) is 0 Å². The summed E-state index contributed by atoms with van der Waals surface area (Å²) in [5.41, 5.74) is 0. The Morgan fingerprint density at radius 3 is 2.21 bits per heavy atom. The summed E-state index contributed by atoms with van der Waals surface area (Å²) < 4.78 is 35.3. The van der Waals surface area contributed by atoms with Crippen molar-refractivity contribution in [2.75, 3.05) is 13.1 Å². The maximum absolute atomic E-state index is 11.8. The Bertz CT molecular complexity index is 297. The molecule has 112 valence electrons. The Morgan fingerprint density at radius 2 is 1.68 bits per heavy atom. The Kier molecular flexibility index (Phi) is 7.89. The molecule has 2 amide bonds. The van der Waals surface area contributed by atoms with Crippen molar-refractivity contribution >= 4 is 12.0 Å². The van der Waals surface area contributed by atoms with Gasteiger partial charge < -0.3 is 20.8 Å². The van der Waals surface area contributed by atoms with Crippen LogP contribution in [-0.2, 0) is 4.79 Å². The number of amides is 2. The number of halogens is 3.